The lowest BCUT2D eigenvalue weighted by Crippen LogP contribution is -2.24. The third-order valence-corrected chi connectivity index (χ3v) is 3.81. The molecule has 0 bridgehead atoms. The van der Waals surface area contributed by atoms with Crippen LogP contribution >= 0.6 is 0 Å². The number of rotatable bonds is 4. The van der Waals surface area contributed by atoms with Gasteiger partial charge in [0, 0.05) is 30.1 Å². The van der Waals surface area contributed by atoms with Crippen LogP contribution in [0.2, 0.25) is 0 Å². The van der Waals surface area contributed by atoms with Crippen molar-refractivity contribution in [3.8, 4) is 11.3 Å². The Labute approximate surface area is 151 Å². The summed E-state index contributed by atoms with van der Waals surface area (Å²) in [5.74, 6) is -1.14. The summed E-state index contributed by atoms with van der Waals surface area (Å²) in [6.45, 7) is -0.0931. The van der Waals surface area contributed by atoms with E-state index in [9.17, 15) is 22.4 Å². The molecule has 8 heteroatoms. The van der Waals surface area contributed by atoms with Gasteiger partial charge in [-0.05, 0) is 30.3 Å². The Hall–Kier alpha value is -3.29. The maximum absolute atomic E-state index is 13.6. The van der Waals surface area contributed by atoms with Crippen molar-refractivity contribution >= 4 is 5.91 Å². The van der Waals surface area contributed by atoms with Crippen molar-refractivity contribution in [3.63, 3.8) is 0 Å². The van der Waals surface area contributed by atoms with Crippen LogP contribution in [-0.2, 0) is 12.7 Å². The zero-order valence-electron chi connectivity index (χ0n) is 13.8. The van der Waals surface area contributed by atoms with E-state index in [1.54, 1.807) is 0 Å². The lowest BCUT2D eigenvalue weighted by Gasteiger charge is -2.12. The molecule has 1 amide bonds. The van der Waals surface area contributed by atoms with Crippen LogP contribution in [0.15, 0.2) is 61.1 Å². The van der Waals surface area contributed by atoms with Crippen LogP contribution in [0.25, 0.3) is 11.3 Å². The zero-order valence-corrected chi connectivity index (χ0v) is 13.8. The number of alkyl halides is 3. The van der Waals surface area contributed by atoms with E-state index in [2.05, 4.69) is 15.3 Å². The van der Waals surface area contributed by atoms with Crippen LogP contribution in [0, 0.1) is 5.82 Å². The summed E-state index contributed by atoms with van der Waals surface area (Å²) in [4.78, 5) is 20.2. The second kappa shape index (κ2) is 7.53. The molecule has 0 saturated heterocycles. The highest BCUT2D eigenvalue weighted by Crippen LogP contribution is 2.32. The molecule has 3 rings (SSSR count). The molecule has 2 aromatic heterocycles. The predicted molar refractivity (Wildman–Crippen MR) is 90.0 cm³/mol. The first kappa shape index (κ1) is 18.5. The van der Waals surface area contributed by atoms with E-state index >= 15 is 0 Å². The van der Waals surface area contributed by atoms with Crippen molar-refractivity contribution in [2.75, 3.05) is 0 Å². The zero-order chi connectivity index (χ0) is 19.4. The van der Waals surface area contributed by atoms with Crippen molar-refractivity contribution in [1.29, 1.82) is 0 Å². The van der Waals surface area contributed by atoms with Crippen molar-refractivity contribution in [1.82, 2.24) is 15.3 Å². The average molecular weight is 375 g/mol. The molecule has 0 atom stereocenters. The molecule has 0 spiro atoms. The first-order valence-corrected chi connectivity index (χ1v) is 7.85. The highest BCUT2D eigenvalue weighted by atomic mass is 19.4. The number of carbonyl (C=O) groups is 1. The van der Waals surface area contributed by atoms with E-state index in [0.29, 0.717) is 0 Å². The van der Waals surface area contributed by atoms with Gasteiger partial charge >= 0.3 is 6.18 Å². The SMILES string of the molecule is O=C(NCc1ccncc1F)c1cccnc1-c1cccc(C(F)(F)F)c1. The summed E-state index contributed by atoms with van der Waals surface area (Å²) in [6.07, 6.45) is -0.705. The van der Waals surface area contributed by atoms with Gasteiger partial charge in [0.1, 0.15) is 5.82 Å². The Morgan fingerprint density at radius 1 is 1.07 bits per heavy atom. The van der Waals surface area contributed by atoms with Crippen LogP contribution in [0.5, 0.6) is 0 Å². The number of aromatic nitrogens is 2. The number of amides is 1. The summed E-state index contributed by atoms with van der Waals surface area (Å²) in [7, 11) is 0. The Kier molecular flexibility index (Phi) is 5.16. The third kappa shape index (κ3) is 4.28. The number of hydrogen-bond donors (Lipinski definition) is 1. The Morgan fingerprint density at radius 2 is 1.89 bits per heavy atom. The number of nitrogens with zero attached hydrogens (tertiary/aromatic N) is 2. The fourth-order valence-electron chi connectivity index (χ4n) is 2.48. The lowest BCUT2D eigenvalue weighted by atomic mass is 10.0. The highest BCUT2D eigenvalue weighted by Gasteiger charge is 2.30. The molecule has 27 heavy (non-hydrogen) atoms. The molecule has 0 saturated carbocycles. The Bertz CT molecular complexity index is 973. The fourth-order valence-corrected chi connectivity index (χ4v) is 2.48. The Morgan fingerprint density at radius 3 is 2.63 bits per heavy atom. The van der Waals surface area contributed by atoms with Gasteiger partial charge in [-0.3, -0.25) is 14.8 Å². The van der Waals surface area contributed by atoms with Gasteiger partial charge in [0.15, 0.2) is 0 Å². The van der Waals surface area contributed by atoms with Crippen LogP contribution in [0.3, 0.4) is 0 Å². The number of benzene rings is 1. The molecule has 0 fully saturated rings. The van der Waals surface area contributed by atoms with Crippen LogP contribution in [0.4, 0.5) is 17.6 Å². The second-order valence-electron chi connectivity index (χ2n) is 5.63. The molecule has 0 aliphatic heterocycles. The molecule has 0 radical (unpaired) electrons. The van der Waals surface area contributed by atoms with E-state index in [1.165, 1.54) is 42.7 Å². The lowest BCUT2D eigenvalue weighted by molar-refractivity contribution is -0.137. The maximum atomic E-state index is 13.6. The van der Waals surface area contributed by atoms with Gasteiger partial charge in [-0.25, -0.2) is 4.39 Å². The number of pyridine rings is 2. The van der Waals surface area contributed by atoms with Crippen molar-refractivity contribution < 1.29 is 22.4 Å². The minimum atomic E-state index is -4.51. The summed E-state index contributed by atoms with van der Waals surface area (Å²) >= 11 is 0. The molecule has 138 valence electrons. The van der Waals surface area contributed by atoms with Gasteiger partial charge in [-0.15, -0.1) is 0 Å². The van der Waals surface area contributed by atoms with Gasteiger partial charge in [-0.1, -0.05) is 12.1 Å². The smallest absolute Gasteiger partial charge is 0.348 e. The van der Waals surface area contributed by atoms with Gasteiger partial charge in [0.2, 0.25) is 0 Å². The molecule has 0 unspecified atom stereocenters. The standard InChI is InChI=1S/C19H13F4N3O/c20-16-11-24-8-6-13(16)10-26-18(27)15-5-2-7-25-17(15)12-3-1-4-14(9-12)19(21,22)23/h1-9,11H,10H2,(H,26,27). The maximum Gasteiger partial charge on any atom is 0.416 e. The number of halogens is 4. The Balaban J connectivity index is 1.88. The van der Waals surface area contributed by atoms with Gasteiger partial charge < -0.3 is 5.32 Å². The minimum Gasteiger partial charge on any atom is -0.348 e. The van der Waals surface area contributed by atoms with Gasteiger partial charge in [0.05, 0.1) is 23.0 Å². The van der Waals surface area contributed by atoms with E-state index in [1.807, 2.05) is 0 Å². The number of carbonyl (C=O) groups excluding carboxylic acids is 1. The van der Waals surface area contributed by atoms with Crippen molar-refractivity contribution in [3.05, 3.63) is 83.6 Å². The quantitative estimate of drug-likeness (QED) is 0.695. The van der Waals surface area contributed by atoms with Gasteiger partial charge in [0.25, 0.3) is 5.91 Å². The van der Waals surface area contributed by atoms with Crippen LogP contribution in [-0.4, -0.2) is 15.9 Å². The summed E-state index contributed by atoms with van der Waals surface area (Å²) in [5, 5.41) is 2.54. The molecular formula is C19H13F4N3O. The molecule has 1 N–H and O–H groups in total. The molecule has 0 aliphatic carbocycles. The molecule has 1 aromatic carbocycles. The third-order valence-electron chi connectivity index (χ3n) is 3.81. The molecule has 4 nitrogen and oxygen atoms in total. The fraction of sp³-hybridized carbons (Fsp3) is 0.105. The minimum absolute atomic E-state index is 0.0892. The number of nitrogens with one attached hydrogen (secondary N) is 1. The van der Waals surface area contributed by atoms with Crippen LogP contribution < -0.4 is 5.32 Å². The normalized spacial score (nSPS) is 11.3. The van der Waals surface area contributed by atoms with Crippen molar-refractivity contribution in [2.24, 2.45) is 0 Å². The van der Waals surface area contributed by atoms with Crippen LogP contribution in [0.1, 0.15) is 21.5 Å². The van der Waals surface area contributed by atoms with Crippen molar-refractivity contribution in [2.45, 2.75) is 12.7 Å². The molecule has 2 heterocycles. The molecular weight excluding hydrogens is 362 g/mol. The topological polar surface area (TPSA) is 54.9 Å². The summed E-state index contributed by atoms with van der Waals surface area (Å²) in [6, 6.07) is 8.93. The van der Waals surface area contributed by atoms with E-state index in [4.69, 9.17) is 0 Å². The second-order valence-corrected chi connectivity index (χ2v) is 5.63. The summed E-state index contributed by atoms with van der Waals surface area (Å²) in [5.41, 5.74) is -0.244. The van der Waals surface area contributed by atoms with E-state index in [-0.39, 0.29) is 28.9 Å². The first-order valence-electron chi connectivity index (χ1n) is 7.85. The monoisotopic (exact) mass is 375 g/mol. The van der Waals surface area contributed by atoms with Gasteiger partial charge in [-0.2, -0.15) is 13.2 Å². The van der Waals surface area contributed by atoms with E-state index in [0.717, 1.165) is 18.3 Å². The average Bonchev–Trinajstić information content (AvgIpc) is 2.66. The summed E-state index contributed by atoms with van der Waals surface area (Å²) < 4.78 is 52.5. The number of hydrogen-bond acceptors (Lipinski definition) is 3. The van der Waals surface area contributed by atoms with E-state index < -0.39 is 23.5 Å². The predicted octanol–water partition coefficient (Wildman–Crippen LogP) is 4.23. The highest BCUT2D eigenvalue weighted by molar-refractivity contribution is 5.99. The molecule has 0 aliphatic rings. The molecule has 3 aromatic rings. The largest absolute Gasteiger partial charge is 0.416 e. The first-order chi connectivity index (χ1) is 12.9.